The molecule has 45 heavy (non-hydrogen) atoms. The van der Waals surface area contributed by atoms with Crippen LogP contribution in [-0.2, 0) is 26.2 Å². The van der Waals surface area contributed by atoms with Crippen LogP contribution in [0.25, 0.3) is 0 Å². The zero-order valence-corrected chi connectivity index (χ0v) is 27.3. The summed E-state index contributed by atoms with van der Waals surface area (Å²) < 4.78 is 35.3. The monoisotopic (exact) mass is 627 g/mol. The molecule has 236 valence electrons. The number of aryl methyl sites for hydroxylation is 1. The Bertz CT molecular complexity index is 1670. The minimum Gasteiger partial charge on any atom is -0.457 e. The number of carbonyl (C=O) groups is 2. The van der Waals surface area contributed by atoms with E-state index in [4.69, 9.17) is 4.74 Å². The number of para-hydroxylation sites is 1. The molecule has 9 heteroatoms. The first-order valence-electron chi connectivity index (χ1n) is 14.9. The highest BCUT2D eigenvalue weighted by Gasteiger charge is 2.34. The Morgan fingerprint density at radius 2 is 1.36 bits per heavy atom. The number of rotatable bonds is 12. The molecule has 0 saturated carbocycles. The van der Waals surface area contributed by atoms with Crippen LogP contribution >= 0.6 is 0 Å². The second-order valence-electron chi connectivity index (χ2n) is 11.9. The predicted molar refractivity (Wildman–Crippen MR) is 178 cm³/mol. The fraction of sp³-hybridized carbons (Fsp3) is 0.278. The molecule has 8 nitrogen and oxygen atoms in total. The number of carbonyl (C=O) groups excluding carboxylic acids is 2. The average molecular weight is 628 g/mol. The van der Waals surface area contributed by atoms with Crippen molar-refractivity contribution in [3.05, 3.63) is 120 Å². The highest BCUT2D eigenvalue weighted by molar-refractivity contribution is 7.92. The van der Waals surface area contributed by atoms with E-state index >= 15 is 0 Å². The second kappa shape index (κ2) is 14.4. The van der Waals surface area contributed by atoms with E-state index in [0.717, 1.165) is 15.4 Å². The summed E-state index contributed by atoms with van der Waals surface area (Å²) in [4.78, 5) is 29.3. The Morgan fingerprint density at radius 1 is 0.800 bits per heavy atom. The van der Waals surface area contributed by atoms with E-state index in [1.165, 1.54) is 17.0 Å². The Balaban J connectivity index is 1.72. The summed E-state index contributed by atoms with van der Waals surface area (Å²) in [7, 11) is -4.18. The number of hydrogen-bond acceptors (Lipinski definition) is 5. The molecule has 0 heterocycles. The van der Waals surface area contributed by atoms with Crippen molar-refractivity contribution in [2.45, 2.75) is 64.1 Å². The maximum Gasteiger partial charge on any atom is 0.264 e. The molecule has 0 aliphatic heterocycles. The molecule has 1 N–H and O–H groups in total. The molecule has 0 aliphatic rings. The maximum atomic E-state index is 14.3. The van der Waals surface area contributed by atoms with E-state index < -0.39 is 34.1 Å². The van der Waals surface area contributed by atoms with Crippen LogP contribution in [0.1, 0.15) is 45.2 Å². The van der Waals surface area contributed by atoms with Gasteiger partial charge in [-0.2, -0.15) is 0 Å². The lowest BCUT2D eigenvalue weighted by molar-refractivity contribution is -0.141. The molecule has 0 fully saturated rings. The van der Waals surface area contributed by atoms with Crippen LogP contribution in [0.3, 0.4) is 0 Å². The van der Waals surface area contributed by atoms with Crippen molar-refractivity contribution in [1.82, 2.24) is 10.2 Å². The molecule has 0 saturated heterocycles. The highest BCUT2D eigenvalue weighted by Crippen LogP contribution is 2.29. The van der Waals surface area contributed by atoms with Crippen LogP contribution < -0.4 is 14.4 Å². The van der Waals surface area contributed by atoms with E-state index in [0.29, 0.717) is 17.9 Å². The number of sulfonamides is 1. The van der Waals surface area contributed by atoms with Gasteiger partial charge in [0.25, 0.3) is 10.0 Å². The molecule has 0 unspecified atom stereocenters. The molecule has 0 aliphatic carbocycles. The van der Waals surface area contributed by atoms with Gasteiger partial charge in [0.15, 0.2) is 0 Å². The maximum absolute atomic E-state index is 14.3. The molecule has 0 bridgehead atoms. The molecular weight excluding hydrogens is 586 g/mol. The third-order valence-electron chi connectivity index (χ3n) is 7.07. The number of hydrogen-bond donors (Lipinski definition) is 1. The van der Waals surface area contributed by atoms with Gasteiger partial charge < -0.3 is 15.0 Å². The van der Waals surface area contributed by atoms with Gasteiger partial charge in [0, 0.05) is 12.1 Å². The van der Waals surface area contributed by atoms with Crippen molar-refractivity contribution in [2.75, 3.05) is 10.8 Å². The van der Waals surface area contributed by atoms with Gasteiger partial charge in [-0.05, 0) is 88.2 Å². The standard InChI is InChI=1S/C36H41N3O5S/c1-6-33(35(41)37-36(3,4)5)38(25-28-13-9-7-10-14-28)34(40)26-39(45(42,43)32-23-17-27(2)18-24-32)29-19-21-31(22-20-29)44-30-15-11-8-12-16-30/h7-24,33H,6,25-26H2,1-5H3,(H,37,41)/t33-/m1/s1. The third kappa shape index (κ3) is 8.95. The lowest BCUT2D eigenvalue weighted by atomic mass is 10.1. The first kappa shape index (κ1) is 33.3. The summed E-state index contributed by atoms with van der Waals surface area (Å²) in [5.74, 6) is 0.347. The summed E-state index contributed by atoms with van der Waals surface area (Å²) in [6.07, 6.45) is 0.344. The predicted octanol–water partition coefficient (Wildman–Crippen LogP) is 6.70. The zero-order valence-electron chi connectivity index (χ0n) is 26.4. The van der Waals surface area contributed by atoms with E-state index in [2.05, 4.69) is 5.32 Å². The summed E-state index contributed by atoms with van der Waals surface area (Å²) in [6, 6.07) is 30.8. The van der Waals surface area contributed by atoms with E-state index in [1.54, 1.807) is 36.4 Å². The van der Waals surface area contributed by atoms with Crippen LogP contribution in [0, 0.1) is 6.92 Å². The molecule has 1 atom stereocenters. The van der Waals surface area contributed by atoms with Crippen molar-refractivity contribution in [1.29, 1.82) is 0 Å². The Kier molecular flexibility index (Phi) is 10.7. The Morgan fingerprint density at radius 3 is 1.91 bits per heavy atom. The smallest absolute Gasteiger partial charge is 0.264 e. The normalized spacial score (nSPS) is 12.2. The lowest BCUT2D eigenvalue weighted by Gasteiger charge is -2.34. The number of ether oxygens (including phenoxy) is 1. The lowest BCUT2D eigenvalue weighted by Crippen LogP contribution is -2.55. The third-order valence-corrected chi connectivity index (χ3v) is 8.86. The van der Waals surface area contributed by atoms with Crippen LogP contribution in [0.2, 0.25) is 0 Å². The summed E-state index contributed by atoms with van der Waals surface area (Å²) >= 11 is 0. The van der Waals surface area contributed by atoms with Crippen molar-refractivity contribution < 1.29 is 22.7 Å². The summed E-state index contributed by atoms with van der Waals surface area (Å²) in [5.41, 5.74) is 1.50. The van der Waals surface area contributed by atoms with E-state index in [-0.39, 0.29) is 23.0 Å². The Hall–Kier alpha value is -4.63. The molecule has 2 amide bonds. The fourth-order valence-corrected chi connectivity index (χ4v) is 6.24. The number of amides is 2. The molecule has 0 spiro atoms. The summed E-state index contributed by atoms with van der Waals surface area (Å²) in [5, 5.41) is 2.99. The van der Waals surface area contributed by atoms with Crippen LogP contribution in [-0.4, -0.2) is 43.3 Å². The molecule has 0 aromatic heterocycles. The van der Waals surface area contributed by atoms with Gasteiger partial charge in [-0.25, -0.2) is 8.42 Å². The van der Waals surface area contributed by atoms with Crippen molar-refractivity contribution in [2.24, 2.45) is 0 Å². The van der Waals surface area contributed by atoms with E-state index in [1.807, 2.05) is 95.3 Å². The number of nitrogens with one attached hydrogen (secondary N) is 1. The minimum atomic E-state index is -4.18. The number of nitrogens with zero attached hydrogens (tertiary/aromatic N) is 2. The van der Waals surface area contributed by atoms with Gasteiger partial charge in [-0.3, -0.25) is 13.9 Å². The van der Waals surface area contributed by atoms with Gasteiger partial charge in [0.1, 0.15) is 24.1 Å². The molecule has 4 rings (SSSR count). The minimum absolute atomic E-state index is 0.0534. The van der Waals surface area contributed by atoms with Gasteiger partial charge in [-0.1, -0.05) is 73.2 Å². The summed E-state index contributed by atoms with van der Waals surface area (Å²) in [6.45, 7) is 8.97. The van der Waals surface area contributed by atoms with Crippen molar-refractivity contribution >= 4 is 27.5 Å². The number of anilines is 1. The molecule has 4 aromatic rings. The van der Waals surface area contributed by atoms with Gasteiger partial charge in [0.2, 0.25) is 11.8 Å². The van der Waals surface area contributed by atoms with Crippen LogP contribution in [0.5, 0.6) is 11.5 Å². The SMILES string of the molecule is CC[C@H](C(=O)NC(C)(C)C)N(Cc1ccccc1)C(=O)CN(c1ccc(Oc2ccccc2)cc1)S(=O)(=O)c1ccc(C)cc1. The van der Waals surface area contributed by atoms with E-state index in [9.17, 15) is 18.0 Å². The van der Waals surface area contributed by atoms with Crippen LogP contribution in [0.4, 0.5) is 5.69 Å². The van der Waals surface area contributed by atoms with Gasteiger partial charge >= 0.3 is 0 Å². The first-order chi connectivity index (χ1) is 21.4. The Labute approximate surface area is 266 Å². The first-order valence-corrected chi connectivity index (χ1v) is 16.4. The highest BCUT2D eigenvalue weighted by atomic mass is 32.2. The van der Waals surface area contributed by atoms with Crippen molar-refractivity contribution in [3.8, 4) is 11.5 Å². The quantitative estimate of drug-likeness (QED) is 0.189. The largest absolute Gasteiger partial charge is 0.457 e. The van der Waals surface area contributed by atoms with Crippen LogP contribution in [0.15, 0.2) is 114 Å². The zero-order chi connectivity index (χ0) is 32.6. The second-order valence-corrected chi connectivity index (χ2v) is 13.8. The molecular formula is C36H41N3O5S. The van der Waals surface area contributed by atoms with Gasteiger partial charge in [-0.15, -0.1) is 0 Å². The number of benzene rings is 4. The molecule has 4 aromatic carbocycles. The molecule has 0 radical (unpaired) electrons. The fourth-order valence-electron chi connectivity index (χ4n) is 4.82. The van der Waals surface area contributed by atoms with Crippen molar-refractivity contribution in [3.63, 3.8) is 0 Å². The topological polar surface area (TPSA) is 96.0 Å². The van der Waals surface area contributed by atoms with Gasteiger partial charge in [0.05, 0.1) is 10.6 Å². The average Bonchev–Trinajstić information content (AvgIpc) is 3.00.